The molecule has 2 aromatic carbocycles. The van der Waals surface area contributed by atoms with Crippen LogP contribution in [0.2, 0.25) is 0 Å². The number of benzene rings is 2. The van der Waals surface area contributed by atoms with E-state index in [2.05, 4.69) is 0 Å². The molecule has 0 aliphatic carbocycles. The van der Waals surface area contributed by atoms with Gasteiger partial charge in [-0.05, 0) is 18.1 Å². The van der Waals surface area contributed by atoms with Crippen molar-refractivity contribution in [2.45, 2.75) is 13.0 Å². The van der Waals surface area contributed by atoms with Crippen LogP contribution in [-0.4, -0.2) is 10.9 Å². The number of rotatable bonds is 3. The molecule has 0 aromatic heterocycles. The lowest BCUT2D eigenvalue weighted by molar-refractivity contribution is 0.101. The van der Waals surface area contributed by atoms with E-state index in [0.717, 1.165) is 5.56 Å². The Balaban J connectivity index is 2.44. The number of ketones is 1. The molecule has 0 bridgehead atoms. The van der Waals surface area contributed by atoms with Crippen molar-refractivity contribution in [1.29, 1.82) is 0 Å². The molecule has 0 amide bonds. The molecule has 0 saturated carbocycles. The van der Waals surface area contributed by atoms with E-state index in [9.17, 15) is 9.90 Å². The minimum atomic E-state index is -0.753. The van der Waals surface area contributed by atoms with E-state index in [1.165, 1.54) is 6.92 Å². The molecule has 0 saturated heterocycles. The van der Waals surface area contributed by atoms with Crippen molar-refractivity contribution < 1.29 is 9.90 Å². The van der Waals surface area contributed by atoms with Crippen LogP contribution < -0.4 is 0 Å². The first kappa shape index (κ1) is 11.6. The Bertz CT molecular complexity index is 517. The maximum Gasteiger partial charge on any atom is 0.160 e. The van der Waals surface area contributed by atoms with Gasteiger partial charge in [-0.25, -0.2) is 0 Å². The first-order valence-corrected chi connectivity index (χ1v) is 5.53. The summed E-state index contributed by atoms with van der Waals surface area (Å²) in [5.41, 5.74) is 2.02. The van der Waals surface area contributed by atoms with Crippen LogP contribution in [0.5, 0.6) is 0 Å². The topological polar surface area (TPSA) is 37.3 Å². The summed E-state index contributed by atoms with van der Waals surface area (Å²) in [4.78, 5) is 11.5. The first-order valence-electron chi connectivity index (χ1n) is 5.53. The molecule has 0 radical (unpaired) electrons. The van der Waals surface area contributed by atoms with Crippen molar-refractivity contribution >= 4 is 5.78 Å². The molecular weight excluding hydrogens is 212 g/mol. The average molecular weight is 226 g/mol. The van der Waals surface area contributed by atoms with Crippen LogP contribution in [0.15, 0.2) is 54.6 Å². The highest BCUT2D eigenvalue weighted by molar-refractivity contribution is 5.95. The predicted octanol–water partition coefficient (Wildman–Crippen LogP) is 2.97. The number of Topliss-reactive ketones (excluding diaryl/α,β-unsaturated/α-hetero) is 1. The van der Waals surface area contributed by atoms with E-state index < -0.39 is 6.10 Å². The number of carbonyl (C=O) groups is 1. The second kappa shape index (κ2) is 4.93. The highest BCUT2D eigenvalue weighted by Gasteiger charge is 2.15. The molecule has 86 valence electrons. The number of aliphatic hydroxyl groups is 1. The fourth-order valence-corrected chi connectivity index (χ4v) is 1.87. The Morgan fingerprint density at radius 3 is 2.24 bits per heavy atom. The highest BCUT2D eigenvalue weighted by atomic mass is 16.3. The van der Waals surface area contributed by atoms with Gasteiger partial charge in [-0.15, -0.1) is 0 Å². The van der Waals surface area contributed by atoms with Gasteiger partial charge in [-0.1, -0.05) is 54.6 Å². The quantitative estimate of drug-likeness (QED) is 0.817. The zero-order valence-electron chi connectivity index (χ0n) is 9.63. The third-order valence-corrected chi connectivity index (χ3v) is 2.75. The van der Waals surface area contributed by atoms with Crippen molar-refractivity contribution in [2.75, 3.05) is 0 Å². The van der Waals surface area contributed by atoms with Crippen LogP contribution in [0.1, 0.15) is 34.5 Å². The Labute approximate surface area is 101 Å². The molecule has 2 nitrogen and oxygen atoms in total. The molecule has 0 heterocycles. The number of carbonyl (C=O) groups excluding carboxylic acids is 1. The van der Waals surface area contributed by atoms with Gasteiger partial charge in [0.05, 0.1) is 0 Å². The van der Waals surface area contributed by atoms with Gasteiger partial charge in [0.25, 0.3) is 0 Å². The molecular formula is C15H14O2. The summed E-state index contributed by atoms with van der Waals surface area (Å²) in [7, 11) is 0. The molecule has 2 rings (SSSR count). The molecule has 0 aliphatic rings. The molecule has 0 spiro atoms. The van der Waals surface area contributed by atoms with Crippen LogP contribution in [-0.2, 0) is 0 Å². The fraction of sp³-hybridized carbons (Fsp3) is 0.133. The van der Waals surface area contributed by atoms with E-state index in [1.54, 1.807) is 18.2 Å². The Kier molecular flexibility index (Phi) is 3.35. The number of hydrogen-bond acceptors (Lipinski definition) is 2. The maximum atomic E-state index is 11.5. The minimum Gasteiger partial charge on any atom is -0.384 e. The van der Waals surface area contributed by atoms with Crippen LogP contribution in [0, 0.1) is 0 Å². The van der Waals surface area contributed by atoms with Crippen molar-refractivity contribution in [3.05, 3.63) is 71.3 Å². The maximum absolute atomic E-state index is 11.5. The molecule has 1 N–H and O–H groups in total. The fourth-order valence-electron chi connectivity index (χ4n) is 1.87. The first-order chi connectivity index (χ1) is 8.20. The third-order valence-electron chi connectivity index (χ3n) is 2.75. The van der Waals surface area contributed by atoms with Gasteiger partial charge in [0.2, 0.25) is 0 Å². The normalized spacial score (nSPS) is 12.1. The molecule has 1 unspecified atom stereocenters. The lowest BCUT2D eigenvalue weighted by atomic mass is 9.95. The average Bonchev–Trinajstić information content (AvgIpc) is 2.39. The van der Waals surface area contributed by atoms with E-state index in [4.69, 9.17) is 0 Å². The van der Waals surface area contributed by atoms with Crippen LogP contribution in [0.3, 0.4) is 0 Å². The monoisotopic (exact) mass is 226 g/mol. The summed E-state index contributed by atoms with van der Waals surface area (Å²) in [6.45, 7) is 1.51. The van der Waals surface area contributed by atoms with Gasteiger partial charge < -0.3 is 5.11 Å². The van der Waals surface area contributed by atoms with Crippen LogP contribution >= 0.6 is 0 Å². The van der Waals surface area contributed by atoms with Gasteiger partial charge in [0, 0.05) is 5.56 Å². The Hall–Kier alpha value is -1.93. The van der Waals surface area contributed by atoms with Crippen LogP contribution in [0.4, 0.5) is 0 Å². The summed E-state index contributed by atoms with van der Waals surface area (Å²) >= 11 is 0. The zero-order valence-corrected chi connectivity index (χ0v) is 9.63. The van der Waals surface area contributed by atoms with Gasteiger partial charge in [0.1, 0.15) is 6.10 Å². The lowest BCUT2D eigenvalue weighted by Crippen LogP contribution is -2.06. The molecule has 2 heteroatoms. The third kappa shape index (κ3) is 2.43. The van der Waals surface area contributed by atoms with Crippen molar-refractivity contribution in [2.24, 2.45) is 0 Å². The van der Waals surface area contributed by atoms with Gasteiger partial charge in [0.15, 0.2) is 5.78 Å². The second-order valence-corrected chi connectivity index (χ2v) is 3.96. The van der Waals surface area contributed by atoms with Crippen molar-refractivity contribution in [3.8, 4) is 0 Å². The molecule has 0 aliphatic heterocycles. The standard InChI is InChI=1S/C15H14O2/c1-11(16)13-9-5-6-10-14(13)15(17)12-7-3-2-4-8-12/h2-10,15,17H,1H3. The summed E-state index contributed by atoms with van der Waals surface area (Å²) in [6, 6.07) is 16.5. The molecule has 0 fully saturated rings. The van der Waals surface area contributed by atoms with Gasteiger partial charge >= 0.3 is 0 Å². The smallest absolute Gasteiger partial charge is 0.160 e. The lowest BCUT2D eigenvalue weighted by Gasteiger charge is -2.14. The molecule has 2 aromatic rings. The molecule has 17 heavy (non-hydrogen) atoms. The van der Waals surface area contributed by atoms with E-state index in [1.807, 2.05) is 36.4 Å². The van der Waals surface area contributed by atoms with Gasteiger partial charge in [-0.2, -0.15) is 0 Å². The Morgan fingerprint density at radius 1 is 1.00 bits per heavy atom. The summed E-state index contributed by atoms with van der Waals surface area (Å²) in [6.07, 6.45) is -0.753. The minimum absolute atomic E-state index is 0.0319. The van der Waals surface area contributed by atoms with E-state index >= 15 is 0 Å². The summed E-state index contributed by atoms with van der Waals surface area (Å²) < 4.78 is 0. The van der Waals surface area contributed by atoms with Crippen LogP contribution in [0.25, 0.3) is 0 Å². The van der Waals surface area contributed by atoms with E-state index in [0.29, 0.717) is 11.1 Å². The van der Waals surface area contributed by atoms with Crippen molar-refractivity contribution in [1.82, 2.24) is 0 Å². The molecule has 1 atom stereocenters. The second-order valence-electron chi connectivity index (χ2n) is 3.96. The largest absolute Gasteiger partial charge is 0.384 e. The predicted molar refractivity (Wildman–Crippen MR) is 67.0 cm³/mol. The van der Waals surface area contributed by atoms with E-state index in [-0.39, 0.29) is 5.78 Å². The SMILES string of the molecule is CC(=O)c1ccccc1C(O)c1ccccc1. The van der Waals surface area contributed by atoms with Crippen molar-refractivity contribution in [3.63, 3.8) is 0 Å². The summed E-state index contributed by atoms with van der Waals surface area (Å²) in [5.74, 6) is -0.0319. The summed E-state index contributed by atoms with van der Waals surface area (Å²) in [5, 5.41) is 10.3. The highest BCUT2D eigenvalue weighted by Crippen LogP contribution is 2.24. The van der Waals surface area contributed by atoms with Gasteiger partial charge in [-0.3, -0.25) is 4.79 Å². The number of aliphatic hydroxyl groups excluding tert-OH is 1. The number of hydrogen-bond donors (Lipinski definition) is 1. The zero-order chi connectivity index (χ0) is 12.3. The Morgan fingerprint density at radius 2 is 1.59 bits per heavy atom.